The Morgan fingerprint density at radius 2 is 2.00 bits per heavy atom. The first-order valence-corrected chi connectivity index (χ1v) is 7.95. The van der Waals surface area contributed by atoms with E-state index in [0.717, 1.165) is 23.1 Å². The van der Waals surface area contributed by atoms with Crippen molar-refractivity contribution in [1.82, 2.24) is 4.90 Å². The first kappa shape index (κ1) is 19.6. The lowest BCUT2D eigenvalue weighted by Crippen LogP contribution is -2.69. The lowest BCUT2D eigenvalue weighted by atomic mass is 10.0. The van der Waals surface area contributed by atoms with Crippen LogP contribution in [0.2, 0.25) is 0 Å². The number of quaternary nitrogens is 1. The molecule has 3 heterocycles. The number of thioether (sulfide) groups is 1. The molecule has 9 heteroatoms. The van der Waals surface area contributed by atoms with Crippen molar-refractivity contribution in [3.8, 4) is 0 Å². The second-order valence-electron chi connectivity index (χ2n) is 6.11. The van der Waals surface area contributed by atoms with Crippen LogP contribution in [0.5, 0.6) is 0 Å². The van der Waals surface area contributed by atoms with Crippen molar-refractivity contribution in [2.75, 3.05) is 32.4 Å². The molecule has 2 fully saturated rings. The average Bonchev–Trinajstić information content (AvgIpc) is 2.83. The number of β-lactam (4-membered cyclic amide) rings is 1. The second kappa shape index (κ2) is 6.97. The van der Waals surface area contributed by atoms with E-state index >= 15 is 0 Å². The minimum atomic E-state index is -1.25. The minimum Gasteiger partial charge on any atom is -0.543 e. The van der Waals surface area contributed by atoms with Crippen molar-refractivity contribution >= 4 is 48.5 Å². The summed E-state index contributed by atoms with van der Waals surface area (Å²) >= 11 is 1.56. The number of hydrogen-bond donors (Lipinski definition) is 1. The van der Waals surface area contributed by atoms with Crippen LogP contribution in [0.4, 0.5) is 0 Å². The van der Waals surface area contributed by atoms with Crippen LogP contribution in [0.3, 0.4) is 0 Å². The van der Waals surface area contributed by atoms with Gasteiger partial charge in [-0.25, -0.2) is 0 Å². The highest BCUT2D eigenvalue weighted by Gasteiger charge is 2.50. The molecule has 3 rings (SSSR count). The maximum absolute atomic E-state index is 11.8. The van der Waals surface area contributed by atoms with Crippen LogP contribution in [0, 0.1) is 0 Å². The molecular formula is C13H21Cl2N3O3S. The van der Waals surface area contributed by atoms with Gasteiger partial charge in [-0.2, -0.15) is 0 Å². The largest absolute Gasteiger partial charge is 0.543 e. The van der Waals surface area contributed by atoms with Crippen LogP contribution in [-0.4, -0.2) is 65.1 Å². The van der Waals surface area contributed by atoms with Crippen LogP contribution in [0.25, 0.3) is 0 Å². The number of nitrogens with zero attached hydrogens (tertiary/aromatic N) is 2. The third-order valence-corrected chi connectivity index (χ3v) is 5.86. The van der Waals surface area contributed by atoms with Gasteiger partial charge in [0.05, 0.1) is 31.8 Å². The van der Waals surface area contributed by atoms with E-state index in [0.29, 0.717) is 12.3 Å². The number of nitrogens with two attached hydrogens (primary N) is 1. The maximum atomic E-state index is 11.8. The number of carbonyl (C=O) groups excluding carboxylic acids is 2. The zero-order chi connectivity index (χ0) is 14.5. The normalized spacial score (nSPS) is 29.2. The Kier molecular flexibility index (Phi) is 6.20. The highest BCUT2D eigenvalue weighted by molar-refractivity contribution is 8.00. The number of hydrogen-bond acceptors (Lipinski definition) is 5. The van der Waals surface area contributed by atoms with Gasteiger partial charge in [0.2, 0.25) is 5.91 Å². The number of carboxylic acids is 1. The molecule has 0 aromatic rings. The number of amides is 1. The SMILES string of the molecule is C[N+]1(CC2=C(C(=O)[O-])N3C(=O)C(N)[C@H]3SC2)CCCC1.Cl.Cl. The molecule has 126 valence electrons. The summed E-state index contributed by atoms with van der Waals surface area (Å²) < 4.78 is 0.853. The molecule has 3 aliphatic rings. The summed E-state index contributed by atoms with van der Waals surface area (Å²) in [6.45, 7) is 2.80. The summed E-state index contributed by atoms with van der Waals surface area (Å²) in [5.41, 5.74) is 6.61. The van der Waals surface area contributed by atoms with E-state index in [4.69, 9.17) is 5.73 Å². The number of halogens is 2. The smallest absolute Gasteiger partial charge is 0.248 e. The zero-order valence-corrected chi connectivity index (χ0v) is 14.8. The number of likely N-dealkylation sites (tertiary alicyclic amines) is 1. The molecule has 0 aliphatic carbocycles. The van der Waals surface area contributed by atoms with E-state index < -0.39 is 12.0 Å². The zero-order valence-electron chi connectivity index (χ0n) is 12.3. The van der Waals surface area contributed by atoms with E-state index in [1.165, 1.54) is 17.7 Å². The highest BCUT2D eigenvalue weighted by Crippen LogP contribution is 2.40. The molecule has 0 bridgehead atoms. The molecule has 0 aromatic heterocycles. The van der Waals surface area contributed by atoms with Gasteiger partial charge < -0.3 is 20.1 Å². The van der Waals surface area contributed by atoms with Crippen LogP contribution >= 0.6 is 36.6 Å². The van der Waals surface area contributed by atoms with Crippen molar-refractivity contribution in [1.29, 1.82) is 0 Å². The van der Waals surface area contributed by atoms with Gasteiger partial charge in [-0.3, -0.25) is 9.69 Å². The molecule has 2 N–H and O–H groups in total. The predicted octanol–water partition coefficient (Wildman–Crippen LogP) is -0.683. The fourth-order valence-corrected chi connectivity index (χ4v) is 4.69. The number of carboxylic acid groups (broad SMARTS) is 1. The number of rotatable bonds is 3. The summed E-state index contributed by atoms with van der Waals surface area (Å²) in [6.07, 6.45) is 2.35. The Morgan fingerprint density at radius 1 is 1.41 bits per heavy atom. The first-order valence-electron chi connectivity index (χ1n) is 6.90. The maximum Gasteiger partial charge on any atom is 0.248 e. The van der Waals surface area contributed by atoms with E-state index in [1.807, 2.05) is 0 Å². The first-order chi connectivity index (χ1) is 9.43. The van der Waals surface area contributed by atoms with Gasteiger partial charge in [-0.05, 0) is 0 Å². The Labute approximate surface area is 146 Å². The monoisotopic (exact) mass is 369 g/mol. The molecule has 0 saturated carbocycles. The number of aliphatic carboxylic acids is 1. The van der Waals surface area contributed by atoms with Crippen LogP contribution in [0.1, 0.15) is 12.8 Å². The summed E-state index contributed by atoms with van der Waals surface area (Å²) in [4.78, 5) is 24.6. The molecule has 0 spiro atoms. The fraction of sp³-hybridized carbons (Fsp3) is 0.692. The molecule has 0 aromatic carbocycles. The fourth-order valence-electron chi connectivity index (χ4n) is 3.41. The third kappa shape index (κ3) is 3.10. The molecule has 1 amide bonds. The van der Waals surface area contributed by atoms with Crippen molar-refractivity contribution < 1.29 is 19.2 Å². The van der Waals surface area contributed by atoms with Crippen molar-refractivity contribution in [3.63, 3.8) is 0 Å². The summed E-state index contributed by atoms with van der Waals surface area (Å²) in [5.74, 6) is -0.932. The van der Waals surface area contributed by atoms with Crippen LogP contribution in [-0.2, 0) is 9.59 Å². The molecule has 2 saturated heterocycles. The lowest BCUT2D eigenvalue weighted by molar-refractivity contribution is -0.893. The van der Waals surface area contributed by atoms with Gasteiger partial charge in [-0.15, -0.1) is 36.6 Å². The number of carbonyl (C=O) groups is 2. The van der Waals surface area contributed by atoms with Crippen molar-refractivity contribution in [2.24, 2.45) is 5.73 Å². The number of fused-ring (bicyclic) bond motifs is 1. The molecule has 22 heavy (non-hydrogen) atoms. The van der Waals surface area contributed by atoms with E-state index in [2.05, 4.69) is 7.05 Å². The van der Waals surface area contributed by atoms with E-state index in [-0.39, 0.29) is 41.8 Å². The van der Waals surface area contributed by atoms with Gasteiger partial charge in [0, 0.05) is 24.2 Å². The lowest BCUT2D eigenvalue weighted by Gasteiger charge is -2.50. The second-order valence-corrected chi connectivity index (χ2v) is 7.21. The average molecular weight is 370 g/mol. The molecule has 2 atom stereocenters. The quantitative estimate of drug-likeness (QED) is 0.525. The molecule has 6 nitrogen and oxygen atoms in total. The molecule has 0 radical (unpaired) electrons. The van der Waals surface area contributed by atoms with Crippen LogP contribution < -0.4 is 10.8 Å². The van der Waals surface area contributed by atoms with E-state index in [9.17, 15) is 14.7 Å². The van der Waals surface area contributed by atoms with E-state index in [1.54, 1.807) is 11.8 Å². The Hall–Kier alpha value is -0.470. The van der Waals surface area contributed by atoms with Gasteiger partial charge in [-0.1, -0.05) is 0 Å². The molecule has 3 aliphatic heterocycles. The highest BCUT2D eigenvalue weighted by atomic mass is 35.5. The molecule has 1 unspecified atom stereocenters. The van der Waals surface area contributed by atoms with Gasteiger partial charge in [0.25, 0.3) is 0 Å². The minimum absolute atomic E-state index is 0. The third-order valence-electron chi connectivity index (χ3n) is 4.50. The van der Waals surface area contributed by atoms with Crippen LogP contribution in [0.15, 0.2) is 11.3 Å². The number of likely N-dealkylation sites (N-methyl/N-ethyl adjacent to an activating group) is 1. The van der Waals surface area contributed by atoms with Crippen molar-refractivity contribution in [2.45, 2.75) is 24.3 Å². The summed E-state index contributed by atoms with van der Waals surface area (Å²) in [6, 6.07) is -0.576. The Bertz CT molecular complexity index is 509. The molecular weight excluding hydrogens is 349 g/mol. The summed E-state index contributed by atoms with van der Waals surface area (Å²) in [5, 5.41) is 11.2. The standard InChI is InChI=1S/C13H19N3O3S.2ClH/c1-16(4-2-3-5-16)6-8-7-20-12-9(14)11(17)15(12)10(8)13(18)19;;/h9,12H,2-7,14H2,1H3;2*1H/t9?,12-;;/m1../s1. The summed E-state index contributed by atoms with van der Waals surface area (Å²) in [7, 11) is 2.15. The Balaban J connectivity index is 0.00000121. The Morgan fingerprint density at radius 3 is 2.55 bits per heavy atom. The topological polar surface area (TPSA) is 86.5 Å². The van der Waals surface area contributed by atoms with Gasteiger partial charge in [0.1, 0.15) is 18.0 Å². The van der Waals surface area contributed by atoms with Gasteiger partial charge >= 0.3 is 0 Å². The van der Waals surface area contributed by atoms with Gasteiger partial charge in [0.15, 0.2) is 0 Å². The predicted molar refractivity (Wildman–Crippen MR) is 87.6 cm³/mol. The van der Waals surface area contributed by atoms with Crippen molar-refractivity contribution in [3.05, 3.63) is 11.3 Å².